The Kier molecular flexibility index (Phi) is 6.55. The Hall–Kier alpha value is -2.63. The highest BCUT2D eigenvalue weighted by atomic mass is 16.6. The summed E-state index contributed by atoms with van der Waals surface area (Å²) < 4.78 is 17.7. The van der Waals surface area contributed by atoms with E-state index in [4.69, 9.17) is 14.2 Å². The molecule has 0 aromatic carbocycles. The summed E-state index contributed by atoms with van der Waals surface area (Å²) in [5.74, 6) is -2.32. The smallest absolute Gasteiger partial charge is 0.351 e. The largest absolute Gasteiger partial charge is 0.458 e. The van der Waals surface area contributed by atoms with Gasteiger partial charge in [-0.25, -0.2) is 14.4 Å². The normalized spacial score (nSPS) is 31.8. The zero-order chi connectivity index (χ0) is 24.0. The lowest BCUT2D eigenvalue weighted by Crippen LogP contribution is -2.50. The van der Waals surface area contributed by atoms with E-state index in [2.05, 4.69) is 6.08 Å². The standard InChI is InChI=1S/C26H34O6/c1-9-14(4)23(27)32-26(8)21-19(30-24(28)17(7)13(2)3)12-16(6)18-11-10-15(5)20(18)22(21)31-25(26)29/h9-10,19-22H,11-12H2,1-8H3/b14-9+. The first-order valence-electron chi connectivity index (χ1n) is 11.2. The Labute approximate surface area is 190 Å². The minimum absolute atomic E-state index is 0.0967. The van der Waals surface area contributed by atoms with Crippen LogP contribution in [-0.2, 0) is 28.6 Å². The Morgan fingerprint density at radius 1 is 1.16 bits per heavy atom. The third-order valence-corrected chi connectivity index (χ3v) is 7.31. The van der Waals surface area contributed by atoms with E-state index in [-0.39, 0.29) is 5.92 Å². The highest BCUT2D eigenvalue weighted by Gasteiger charge is 2.64. The summed E-state index contributed by atoms with van der Waals surface area (Å²) in [6.07, 6.45) is 3.80. The highest BCUT2D eigenvalue weighted by molar-refractivity contribution is 5.92. The van der Waals surface area contributed by atoms with Crippen molar-refractivity contribution < 1.29 is 28.6 Å². The lowest BCUT2D eigenvalue weighted by atomic mass is 9.77. The van der Waals surface area contributed by atoms with E-state index >= 15 is 0 Å². The van der Waals surface area contributed by atoms with Gasteiger partial charge in [-0.3, -0.25) is 0 Å². The van der Waals surface area contributed by atoms with E-state index in [9.17, 15) is 14.4 Å². The van der Waals surface area contributed by atoms with Gasteiger partial charge >= 0.3 is 17.9 Å². The number of carbonyl (C=O) groups is 3. The topological polar surface area (TPSA) is 78.9 Å². The lowest BCUT2D eigenvalue weighted by Gasteiger charge is -2.35. The molecule has 5 unspecified atom stereocenters. The number of rotatable bonds is 4. The van der Waals surface area contributed by atoms with Crippen molar-refractivity contribution in [3.63, 3.8) is 0 Å². The van der Waals surface area contributed by atoms with Gasteiger partial charge in [0.15, 0.2) is 0 Å². The molecule has 3 rings (SSSR count). The number of ether oxygens (including phenoxy) is 3. The molecule has 0 aromatic rings. The van der Waals surface area contributed by atoms with Crippen molar-refractivity contribution in [1.82, 2.24) is 0 Å². The van der Waals surface area contributed by atoms with E-state index in [0.717, 1.165) is 23.1 Å². The van der Waals surface area contributed by atoms with Gasteiger partial charge in [-0.1, -0.05) is 34.4 Å². The Morgan fingerprint density at radius 3 is 2.41 bits per heavy atom. The van der Waals surface area contributed by atoms with Crippen LogP contribution in [0, 0.1) is 11.8 Å². The van der Waals surface area contributed by atoms with Crippen molar-refractivity contribution in [2.45, 2.75) is 86.0 Å². The second kappa shape index (κ2) is 8.72. The van der Waals surface area contributed by atoms with E-state index in [0.29, 0.717) is 17.6 Å². The summed E-state index contributed by atoms with van der Waals surface area (Å²) in [7, 11) is 0. The first kappa shape index (κ1) is 24.0. The second-order valence-electron chi connectivity index (χ2n) is 9.57. The third kappa shape index (κ3) is 3.96. The Balaban J connectivity index is 2.09. The molecule has 1 heterocycles. The molecule has 2 aliphatic carbocycles. The third-order valence-electron chi connectivity index (χ3n) is 7.31. The predicted octanol–water partition coefficient (Wildman–Crippen LogP) is 4.75. The fraction of sp³-hybridized carbons (Fsp3) is 0.577. The molecule has 174 valence electrons. The molecule has 0 bridgehead atoms. The van der Waals surface area contributed by atoms with Gasteiger partial charge in [0.1, 0.15) is 12.2 Å². The minimum Gasteiger partial charge on any atom is -0.458 e. The molecule has 1 fully saturated rings. The zero-order valence-electron chi connectivity index (χ0n) is 20.3. The van der Waals surface area contributed by atoms with Crippen LogP contribution in [0.15, 0.2) is 45.6 Å². The van der Waals surface area contributed by atoms with Crippen LogP contribution in [0.5, 0.6) is 0 Å². The average Bonchev–Trinajstić information content (AvgIpc) is 3.19. The molecule has 32 heavy (non-hydrogen) atoms. The Morgan fingerprint density at radius 2 is 1.81 bits per heavy atom. The summed E-state index contributed by atoms with van der Waals surface area (Å²) in [6.45, 7) is 14.5. The summed E-state index contributed by atoms with van der Waals surface area (Å²) in [5, 5.41) is 0. The maximum atomic E-state index is 13.2. The minimum atomic E-state index is -1.56. The van der Waals surface area contributed by atoms with Crippen LogP contribution < -0.4 is 0 Å². The van der Waals surface area contributed by atoms with Crippen LogP contribution >= 0.6 is 0 Å². The molecular formula is C26H34O6. The maximum Gasteiger partial charge on any atom is 0.351 e. The SMILES string of the molecule is C/C=C(\C)C(=O)OC1(C)C(=O)OC2C3C(C)=CCC3=C(C)CC(OC(=O)C(C)=C(C)C)C21. The van der Waals surface area contributed by atoms with E-state index < -0.39 is 41.6 Å². The van der Waals surface area contributed by atoms with Gasteiger partial charge in [0, 0.05) is 23.5 Å². The molecule has 1 aliphatic heterocycles. The molecule has 0 amide bonds. The molecule has 1 saturated heterocycles. The number of esters is 3. The van der Waals surface area contributed by atoms with Gasteiger partial charge in [0.25, 0.3) is 0 Å². The van der Waals surface area contributed by atoms with Crippen molar-refractivity contribution in [2.24, 2.45) is 11.8 Å². The summed E-state index contributed by atoms with van der Waals surface area (Å²) in [6, 6.07) is 0. The molecule has 0 saturated carbocycles. The molecule has 0 N–H and O–H groups in total. The average molecular weight is 443 g/mol. The van der Waals surface area contributed by atoms with Gasteiger partial charge in [-0.2, -0.15) is 0 Å². The van der Waals surface area contributed by atoms with Crippen LogP contribution in [0.4, 0.5) is 0 Å². The van der Waals surface area contributed by atoms with Gasteiger partial charge in [0.05, 0.1) is 5.92 Å². The van der Waals surface area contributed by atoms with E-state index in [1.807, 2.05) is 27.7 Å². The van der Waals surface area contributed by atoms with Crippen LogP contribution in [-0.4, -0.2) is 35.7 Å². The molecular weight excluding hydrogens is 408 g/mol. The number of hydrogen-bond acceptors (Lipinski definition) is 6. The van der Waals surface area contributed by atoms with Crippen molar-refractivity contribution in [2.75, 3.05) is 0 Å². The summed E-state index contributed by atoms with van der Waals surface area (Å²) >= 11 is 0. The first-order valence-corrected chi connectivity index (χ1v) is 11.2. The van der Waals surface area contributed by atoms with Crippen LogP contribution in [0.2, 0.25) is 0 Å². The predicted molar refractivity (Wildman–Crippen MR) is 120 cm³/mol. The van der Waals surface area contributed by atoms with Gasteiger partial charge in [-0.15, -0.1) is 0 Å². The van der Waals surface area contributed by atoms with Crippen LogP contribution in [0.25, 0.3) is 0 Å². The van der Waals surface area contributed by atoms with Crippen molar-refractivity contribution >= 4 is 17.9 Å². The molecule has 6 heteroatoms. The molecule has 5 atom stereocenters. The highest BCUT2D eigenvalue weighted by Crippen LogP contribution is 2.52. The van der Waals surface area contributed by atoms with Crippen LogP contribution in [0.3, 0.4) is 0 Å². The van der Waals surface area contributed by atoms with Crippen LogP contribution in [0.1, 0.15) is 68.2 Å². The second-order valence-corrected chi connectivity index (χ2v) is 9.57. The van der Waals surface area contributed by atoms with Crippen molar-refractivity contribution in [3.8, 4) is 0 Å². The monoisotopic (exact) mass is 442 g/mol. The lowest BCUT2D eigenvalue weighted by molar-refractivity contribution is -0.175. The number of hydrogen-bond donors (Lipinski definition) is 0. The quantitative estimate of drug-likeness (QED) is 0.271. The van der Waals surface area contributed by atoms with E-state index in [1.165, 1.54) is 5.57 Å². The fourth-order valence-electron chi connectivity index (χ4n) is 4.91. The van der Waals surface area contributed by atoms with Crippen molar-refractivity contribution in [3.05, 3.63) is 45.6 Å². The molecule has 3 aliphatic rings. The summed E-state index contributed by atoms with van der Waals surface area (Å²) in [5.41, 5.74) is 3.67. The van der Waals surface area contributed by atoms with Crippen molar-refractivity contribution in [1.29, 1.82) is 0 Å². The van der Waals surface area contributed by atoms with Gasteiger partial charge < -0.3 is 14.2 Å². The van der Waals surface area contributed by atoms with Gasteiger partial charge in [-0.05, 0) is 61.8 Å². The fourth-order valence-corrected chi connectivity index (χ4v) is 4.91. The molecule has 0 radical (unpaired) electrons. The maximum absolute atomic E-state index is 13.2. The number of carbonyl (C=O) groups excluding carboxylic acids is 3. The Bertz CT molecular complexity index is 974. The number of fused-ring (bicyclic) bond motifs is 3. The van der Waals surface area contributed by atoms with Gasteiger partial charge in [0.2, 0.25) is 5.60 Å². The molecule has 0 spiro atoms. The summed E-state index contributed by atoms with van der Waals surface area (Å²) in [4.78, 5) is 38.7. The van der Waals surface area contributed by atoms with E-state index in [1.54, 1.807) is 33.8 Å². The number of allylic oxidation sites excluding steroid dienone is 3. The molecule has 0 aromatic heterocycles. The molecule has 6 nitrogen and oxygen atoms in total. The zero-order valence-corrected chi connectivity index (χ0v) is 20.3. The first-order chi connectivity index (χ1) is 14.9.